The van der Waals surface area contributed by atoms with Gasteiger partial charge in [-0.2, -0.15) is 0 Å². The van der Waals surface area contributed by atoms with Gasteiger partial charge in [0.05, 0.1) is 0 Å². The molecule has 3 aromatic carbocycles. The van der Waals surface area contributed by atoms with E-state index in [0.29, 0.717) is 33.5 Å². The third-order valence-electron chi connectivity index (χ3n) is 4.34. The van der Waals surface area contributed by atoms with Gasteiger partial charge in [0.15, 0.2) is 0 Å². The molecule has 0 fully saturated rings. The van der Waals surface area contributed by atoms with Gasteiger partial charge in [-0.3, -0.25) is 0 Å². The second-order valence-electron chi connectivity index (χ2n) is 6.44. The molecule has 0 radical (unpaired) electrons. The third-order valence-corrected chi connectivity index (χ3v) is 5.05. The number of benzene rings is 3. The fourth-order valence-corrected chi connectivity index (χ4v) is 3.34. The highest BCUT2D eigenvalue weighted by Crippen LogP contribution is 2.27. The van der Waals surface area contributed by atoms with E-state index in [-0.39, 0.29) is 6.61 Å². The smallest absolute Gasteiger partial charge is 0.328 e. The minimum atomic E-state index is -1.00. The number of carboxylic acids is 1. The molecule has 3 rings (SSSR count). The Morgan fingerprint density at radius 2 is 1.72 bits per heavy atom. The zero-order chi connectivity index (χ0) is 20.8. The number of aliphatic carboxylic acids is 1. The van der Waals surface area contributed by atoms with Crippen LogP contribution in [-0.2, 0) is 17.8 Å². The van der Waals surface area contributed by atoms with Crippen molar-refractivity contribution in [2.75, 3.05) is 5.73 Å². The fourth-order valence-electron chi connectivity index (χ4n) is 2.83. The van der Waals surface area contributed by atoms with Crippen molar-refractivity contribution in [3.63, 3.8) is 0 Å². The molecule has 0 saturated heterocycles. The SMILES string of the molecule is Nc1ccc(Cc2cc(OCc3c(Cl)cccc3Cl)ccc2/C=C/C(=O)O)cc1. The summed E-state index contributed by atoms with van der Waals surface area (Å²) in [5.74, 6) is -0.365. The predicted octanol–water partition coefficient (Wildman–Crippen LogP) is 5.84. The van der Waals surface area contributed by atoms with Crippen molar-refractivity contribution in [1.29, 1.82) is 0 Å². The van der Waals surface area contributed by atoms with Crippen LogP contribution < -0.4 is 10.5 Å². The van der Waals surface area contributed by atoms with Crippen LogP contribution in [0.4, 0.5) is 5.69 Å². The maximum absolute atomic E-state index is 10.9. The highest BCUT2D eigenvalue weighted by Gasteiger charge is 2.09. The van der Waals surface area contributed by atoms with Gasteiger partial charge in [-0.05, 0) is 65.6 Å². The first kappa shape index (κ1) is 20.8. The number of rotatable bonds is 7. The fraction of sp³-hybridized carbons (Fsp3) is 0.0870. The number of hydrogen-bond donors (Lipinski definition) is 2. The van der Waals surface area contributed by atoms with Crippen molar-refractivity contribution in [2.45, 2.75) is 13.0 Å². The van der Waals surface area contributed by atoms with Gasteiger partial charge in [-0.25, -0.2) is 4.79 Å². The second kappa shape index (κ2) is 9.50. The summed E-state index contributed by atoms with van der Waals surface area (Å²) in [6.07, 6.45) is 3.29. The molecule has 0 saturated carbocycles. The molecular weight excluding hydrogens is 409 g/mol. The highest BCUT2D eigenvalue weighted by atomic mass is 35.5. The van der Waals surface area contributed by atoms with E-state index in [2.05, 4.69) is 0 Å². The Balaban J connectivity index is 1.86. The van der Waals surface area contributed by atoms with Gasteiger partial charge in [-0.15, -0.1) is 0 Å². The van der Waals surface area contributed by atoms with Crippen LogP contribution >= 0.6 is 23.2 Å². The first-order valence-electron chi connectivity index (χ1n) is 8.86. The topological polar surface area (TPSA) is 72.5 Å². The van der Waals surface area contributed by atoms with Crippen molar-refractivity contribution < 1.29 is 14.6 Å². The van der Waals surface area contributed by atoms with Gasteiger partial charge in [-0.1, -0.05) is 47.5 Å². The maximum Gasteiger partial charge on any atom is 0.328 e. The molecule has 3 aromatic rings. The lowest BCUT2D eigenvalue weighted by molar-refractivity contribution is -0.131. The van der Waals surface area contributed by atoms with Crippen LogP contribution in [0.1, 0.15) is 22.3 Å². The number of hydrogen-bond acceptors (Lipinski definition) is 3. The molecule has 6 heteroatoms. The lowest BCUT2D eigenvalue weighted by atomic mass is 9.99. The van der Waals surface area contributed by atoms with Crippen molar-refractivity contribution in [2.24, 2.45) is 0 Å². The predicted molar refractivity (Wildman–Crippen MR) is 118 cm³/mol. The molecule has 4 nitrogen and oxygen atoms in total. The number of anilines is 1. The molecule has 148 valence electrons. The largest absolute Gasteiger partial charge is 0.489 e. The molecule has 0 aliphatic heterocycles. The summed E-state index contributed by atoms with van der Waals surface area (Å²) >= 11 is 12.4. The molecule has 0 atom stereocenters. The van der Waals surface area contributed by atoms with Crippen LogP contribution in [0.3, 0.4) is 0 Å². The van der Waals surface area contributed by atoms with Crippen LogP contribution in [0.25, 0.3) is 6.08 Å². The average molecular weight is 428 g/mol. The van der Waals surface area contributed by atoms with E-state index in [1.165, 1.54) is 0 Å². The molecular formula is C23H19Cl2NO3. The number of halogens is 2. The standard InChI is InChI=1S/C23H19Cl2NO3/c24-21-2-1-3-22(25)20(21)14-29-19-10-6-16(7-11-23(27)28)17(13-19)12-15-4-8-18(26)9-5-15/h1-11,13H,12,14,26H2,(H,27,28)/b11-7+. The molecule has 0 bridgehead atoms. The van der Waals surface area contributed by atoms with Crippen LogP contribution in [0.15, 0.2) is 66.7 Å². The maximum atomic E-state index is 10.9. The summed E-state index contributed by atoms with van der Waals surface area (Å²) in [7, 11) is 0. The van der Waals surface area contributed by atoms with Gasteiger partial charge < -0.3 is 15.6 Å². The van der Waals surface area contributed by atoms with Crippen LogP contribution in [0, 0.1) is 0 Å². The summed E-state index contributed by atoms with van der Waals surface area (Å²) in [5, 5.41) is 10.0. The molecule has 0 amide bonds. The minimum Gasteiger partial charge on any atom is -0.489 e. The Bertz CT molecular complexity index is 1030. The van der Waals surface area contributed by atoms with Gasteiger partial charge in [0.1, 0.15) is 12.4 Å². The highest BCUT2D eigenvalue weighted by molar-refractivity contribution is 6.35. The average Bonchev–Trinajstić information content (AvgIpc) is 2.68. The van der Waals surface area contributed by atoms with Crippen molar-refractivity contribution >= 4 is 40.9 Å². The van der Waals surface area contributed by atoms with Gasteiger partial charge >= 0.3 is 5.97 Å². The Morgan fingerprint density at radius 3 is 2.38 bits per heavy atom. The molecule has 0 heterocycles. The minimum absolute atomic E-state index is 0.226. The Kier molecular flexibility index (Phi) is 6.81. The molecule has 3 N–H and O–H groups in total. The van der Waals surface area contributed by atoms with E-state index in [9.17, 15) is 4.79 Å². The normalized spacial score (nSPS) is 11.0. The first-order chi connectivity index (χ1) is 13.9. The Morgan fingerprint density at radius 1 is 1.03 bits per heavy atom. The quantitative estimate of drug-likeness (QED) is 0.366. The second-order valence-corrected chi connectivity index (χ2v) is 7.25. The number of ether oxygens (including phenoxy) is 1. The number of nitrogens with two attached hydrogens (primary N) is 1. The van der Waals surface area contributed by atoms with E-state index in [4.69, 9.17) is 38.8 Å². The molecule has 29 heavy (non-hydrogen) atoms. The molecule has 0 aliphatic rings. The zero-order valence-electron chi connectivity index (χ0n) is 15.4. The lowest BCUT2D eigenvalue weighted by Gasteiger charge is -2.13. The number of carboxylic acid groups (broad SMARTS) is 1. The van der Waals surface area contributed by atoms with E-state index >= 15 is 0 Å². The molecule has 0 aromatic heterocycles. The van der Waals surface area contributed by atoms with Crippen molar-refractivity contribution in [3.05, 3.63) is 99.0 Å². The summed E-state index contributed by atoms with van der Waals surface area (Å²) in [6, 6.07) is 18.4. The van der Waals surface area contributed by atoms with Gasteiger partial charge in [0, 0.05) is 27.4 Å². The Labute approximate surface area is 179 Å². The zero-order valence-corrected chi connectivity index (χ0v) is 17.0. The summed E-state index contributed by atoms with van der Waals surface area (Å²) < 4.78 is 5.90. The van der Waals surface area contributed by atoms with E-state index < -0.39 is 5.97 Å². The molecule has 0 spiro atoms. The van der Waals surface area contributed by atoms with E-state index in [1.54, 1.807) is 30.3 Å². The van der Waals surface area contributed by atoms with Crippen molar-refractivity contribution in [1.82, 2.24) is 0 Å². The summed E-state index contributed by atoms with van der Waals surface area (Å²) in [6.45, 7) is 0.226. The van der Waals surface area contributed by atoms with Gasteiger partial charge in [0.2, 0.25) is 0 Å². The number of carbonyl (C=O) groups is 1. The third kappa shape index (κ3) is 5.76. The number of nitrogen functional groups attached to an aromatic ring is 1. The van der Waals surface area contributed by atoms with E-state index in [1.807, 2.05) is 36.4 Å². The van der Waals surface area contributed by atoms with Crippen LogP contribution in [0.2, 0.25) is 10.0 Å². The van der Waals surface area contributed by atoms with Gasteiger partial charge in [0.25, 0.3) is 0 Å². The molecule has 0 unspecified atom stereocenters. The molecule has 0 aliphatic carbocycles. The summed E-state index contributed by atoms with van der Waals surface area (Å²) in [4.78, 5) is 10.9. The van der Waals surface area contributed by atoms with Crippen LogP contribution in [-0.4, -0.2) is 11.1 Å². The van der Waals surface area contributed by atoms with Crippen LogP contribution in [0.5, 0.6) is 5.75 Å². The first-order valence-corrected chi connectivity index (χ1v) is 9.62. The van der Waals surface area contributed by atoms with E-state index in [0.717, 1.165) is 22.8 Å². The lowest BCUT2D eigenvalue weighted by Crippen LogP contribution is -2.00. The van der Waals surface area contributed by atoms with Crippen molar-refractivity contribution in [3.8, 4) is 5.75 Å². The monoisotopic (exact) mass is 427 g/mol. The Hall–Kier alpha value is -2.95. The summed E-state index contributed by atoms with van der Waals surface area (Å²) in [5.41, 5.74) is 9.93.